The number of rotatable bonds is 5. The zero-order chi connectivity index (χ0) is 16.5. The molecule has 0 bridgehead atoms. The molecule has 3 aromatic rings. The van der Waals surface area contributed by atoms with Crippen LogP contribution in [0, 0.1) is 0 Å². The molecule has 0 radical (unpaired) electrons. The lowest BCUT2D eigenvalue weighted by atomic mass is 10.1. The average Bonchev–Trinajstić information content (AvgIpc) is 3.35. The summed E-state index contributed by atoms with van der Waals surface area (Å²) in [5.74, 6) is 0.989. The molecule has 0 N–H and O–H groups in total. The second-order valence-corrected chi connectivity index (χ2v) is 6.51. The van der Waals surface area contributed by atoms with E-state index in [0.717, 1.165) is 16.3 Å². The van der Waals surface area contributed by atoms with E-state index in [0.29, 0.717) is 17.4 Å². The van der Waals surface area contributed by atoms with Crippen LogP contribution in [0.4, 0.5) is 0 Å². The van der Waals surface area contributed by atoms with Gasteiger partial charge < -0.3 is 9.47 Å². The van der Waals surface area contributed by atoms with Crippen molar-refractivity contribution >= 4 is 11.3 Å². The molecule has 4 rings (SSSR count). The lowest BCUT2D eigenvalue weighted by molar-refractivity contribution is 0.353. The summed E-state index contributed by atoms with van der Waals surface area (Å²) in [5, 5.41) is 10.9. The number of hydrogen-bond acceptors (Lipinski definition) is 7. The molecule has 122 valence electrons. The van der Waals surface area contributed by atoms with E-state index in [-0.39, 0.29) is 6.01 Å². The summed E-state index contributed by atoms with van der Waals surface area (Å²) < 4.78 is 10.4. The van der Waals surface area contributed by atoms with Crippen LogP contribution in [0.3, 0.4) is 0 Å². The van der Waals surface area contributed by atoms with E-state index in [1.165, 1.54) is 25.5 Å². The van der Waals surface area contributed by atoms with E-state index >= 15 is 0 Å². The first-order chi connectivity index (χ1) is 11.8. The monoisotopic (exact) mass is 340 g/mol. The second-order valence-electron chi connectivity index (χ2n) is 5.56. The van der Waals surface area contributed by atoms with Crippen molar-refractivity contribution in [2.45, 2.75) is 18.8 Å². The topological polar surface area (TPSA) is 70.0 Å². The third kappa shape index (κ3) is 2.71. The van der Waals surface area contributed by atoms with Crippen molar-refractivity contribution in [3.8, 4) is 33.7 Å². The quantitative estimate of drug-likeness (QED) is 0.707. The van der Waals surface area contributed by atoms with Crippen LogP contribution in [0.2, 0.25) is 0 Å². The Hall–Kier alpha value is -2.54. The van der Waals surface area contributed by atoms with Crippen molar-refractivity contribution < 1.29 is 9.47 Å². The molecule has 1 saturated carbocycles. The van der Waals surface area contributed by atoms with Gasteiger partial charge in [0.1, 0.15) is 11.4 Å². The van der Waals surface area contributed by atoms with Crippen LogP contribution < -0.4 is 9.47 Å². The number of thiophene rings is 1. The third-order valence-electron chi connectivity index (χ3n) is 3.98. The van der Waals surface area contributed by atoms with E-state index < -0.39 is 0 Å². The maximum absolute atomic E-state index is 5.36. The molecule has 1 aliphatic carbocycles. The highest BCUT2D eigenvalue weighted by atomic mass is 32.1. The largest absolute Gasteiger partial charge is 0.480 e. The minimum Gasteiger partial charge on any atom is -0.480 e. The van der Waals surface area contributed by atoms with Gasteiger partial charge in [-0.25, -0.2) is 4.98 Å². The molecule has 6 nitrogen and oxygen atoms in total. The van der Waals surface area contributed by atoms with Gasteiger partial charge in [-0.15, -0.1) is 21.5 Å². The third-order valence-corrected chi connectivity index (χ3v) is 4.86. The van der Waals surface area contributed by atoms with Crippen LogP contribution in [0.25, 0.3) is 21.8 Å². The molecule has 0 aliphatic heterocycles. The number of hydrogen-bond donors (Lipinski definition) is 0. The predicted octanol–water partition coefficient (Wildman–Crippen LogP) is 3.56. The van der Waals surface area contributed by atoms with Crippen molar-refractivity contribution in [3.63, 3.8) is 0 Å². The van der Waals surface area contributed by atoms with Crippen molar-refractivity contribution in [3.05, 3.63) is 35.3 Å². The first-order valence-corrected chi connectivity index (χ1v) is 8.55. The Bertz CT molecular complexity index is 863. The minimum absolute atomic E-state index is 0.265. The van der Waals surface area contributed by atoms with Crippen molar-refractivity contribution in [1.29, 1.82) is 0 Å². The number of methoxy groups -OCH3 is 2. The fraction of sp³-hybridized carbons (Fsp3) is 0.294. The SMILES string of the molecule is COc1ncc(-c2cc(C3CC3)c(-c3cccs3)nn2)c(OC)n1. The predicted molar refractivity (Wildman–Crippen MR) is 91.5 cm³/mol. The Morgan fingerprint density at radius 3 is 2.71 bits per heavy atom. The van der Waals surface area contributed by atoms with Gasteiger partial charge in [0.2, 0.25) is 5.88 Å². The van der Waals surface area contributed by atoms with E-state index in [9.17, 15) is 0 Å². The molecule has 1 fully saturated rings. The highest BCUT2D eigenvalue weighted by molar-refractivity contribution is 7.13. The minimum atomic E-state index is 0.265. The highest BCUT2D eigenvalue weighted by Gasteiger charge is 2.29. The molecule has 0 aromatic carbocycles. The van der Waals surface area contributed by atoms with E-state index in [1.54, 1.807) is 24.6 Å². The molecule has 1 aliphatic rings. The van der Waals surface area contributed by atoms with Gasteiger partial charge >= 0.3 is 6.01 Å². The van der Waals surface area contributed by atoms with Crippen LogP contribution in [0.5, 0.6) is 11.9 Å². The number of nitrogens with zero attached hydrogens (tertiary/aromatic N) is 4. The molecule has 7 heteroatoms. The van der Waals surface area contributed by atoms with Gasteiger partial charge in [-0.2, -0.15) is 4.98 Å². The Balaban J connectivity index is 1.81. The van der Waals surface area contributed by atoms with E-state index in [2.05, 4.69) is 37.7 Å². The van der Waals surface area contributed by atoms with Crippen LogP contribution in [0.15, 0.2) is 29.8 Å². The first-order valence-electron chi connectivity index (χ1n) is 7.67. The molecular weight excluding hydrogens is 324 g/mol. The normalized spacial score (nSPS) is 13.8. The van der Waals surface area contributed by atoms with Crippen LogP contribution in [0.1, 0.15) is 24.3 Å². The van der Waals surface area contributed by atoms with Gasteiger partial charge in [-0.1, -0.05) is 6.07 Å². The summed E-state index contributed by atoms with van der Waals surface area (Å²) in [6, 6.07) is 6.47. The van der Waals surface area contributed by atoms with Crippen molar-refractivity contribution in [2.24, 2.45) is 0 Å². The molecule has 0 amide bonds. The van der Waals surface area contributed by atoms with Gasteiger partial charge in [0.15, 0.2) is 0 Å². The summed E-state index contributed by atoms with van der Waals surface area (Å²) in [5.41, 5.74) is 3.65. The standard InChI is InChI=1S/C17H16N4O2S/c1-22-16-12(9-18-17(19-16)23-2)13-8-11(10-5-6-10)15(21-20-13)14-4-3-7-24-14/h3-4,7-10H,5-6H2,1-2H3. The van der Waals surface area contributed by atoms with E-state index in [1.807, 2.05) is 6.07 Å². The van der Waals surface area contributed by atoms with Gasteiger partial charge in [0, 0.05) is 6.20 Å². The van der Waals surface area contributed by atoms with Crippen molar-refractivity contribution in [2.75, 3.05) is 14.2 Å². The summed E-state index contributed by atoms with van der Waals surface area (Å²) in [6.45, 7) is 0. The molecule has 0 atom stereocenters. The van der Waals surface area contributed by atoms with Crippen molar-refractivity contribution in [1.82, 2.24) is 20.2 Å². The Kier molecular flexibility index (Phi) is 3.86. The molecule has 24 heavy (non-hydrogen) atoms. The molecule has 3 heterocycles. The van der Waals surface area contributed by atoms with Crippen LogP contribution in [-0.2, 0) is 0 Å². The fourth-order valence-corrected chi connectivity index (χ4v) is 3.36. The van der Waals surface area contributed by atoms with Gasteiger partial charge in [0.25, 0.3) is 0 Å². The summed E-state index contributed by atoms with van der Waals surface area (Å²) in [7, 11) is 3.09. The molecule has 0 unspecified atom stereocenters. The number of aromatic nitrogens is 4. The van der Waals surface area contributed by atoms with Gasteiger partial charge in [-0.3, -0.25) is 0 Å². The molecule has 0 spiro atoms. The summed E-state index contributed by atoms with van der Waals surface area (Å²) >= 11 is 1.68. The van der Waals surface area contributed by atoms with Crippen LogP contribution >= 0.6 is 11.3 Å². The van der Waals surface area contributed by atoms with Gasteiger partial charge in [-0.05, 0) is 41.8 Å². The van der Waals surface area contributed by atoms with Gasteiger partial charge in [0.05, 0.1) is 24.7 Å². The average molecular weight is 340 g/mol. The van der Waals surface area contributed by atoms with E-state index in [4.69, 9.17) is 9.47 Å². The summed E-state index contributed by atoms with van der Waals surface area (Å²) in [4.78, 5) is 9.54. The zero-order valence-corrected chi connectivity index (χ0v) is 14.2. The molecule has 0 saturated heterocycles. The Morgan fingerprint density at radius 1 is 1.17 bits per heavy atom. The van der Waals surface area contributed by atoms with Crippen LogP contribution in [-0.4, -0.2) is 34.4 Å². The summed E-state index contributed by atoms with van der Waals surface area (Å²) in [6.07, 6.45) is 4.05. The molecular formula is C17H16N4O2S. The maximum Gasteiger partial charge on any atom is 0.319 e. The highest BCUT2D eigenvalue weighted by Crippen LogP contribution is 2.45. The zero-order valence-electron chi connectivity index (χ0n) is 13.4. The first kappa shape index (κ1) is 15.0. The number of ether oxygens (including phenoxy) is 2. The lowest BCUT2D eigenvalue weighted by Crippen LogP contribution is -2.01. The second kappa shape index (κ2) is 6.16. The smallest absolute Gasteiger partial charge is 0.319 e. The fourth-order valence-electron chi connectivity index (χ4n) is 2.63. The molecule has 3 aromatic heterocycles. The Labute approximate surface area is 143 Å². The lowest BCUT2D eigenvalue weighted by Gasteiger charge is -2.10. The Morgan fingerprint density at radius 2 is 2.04 bits per heavy atom. The maximum atomic E-state index is 5.36.